The molecule has 128 valence electrons. The van der Waals surface area contributed by atoms with Crippen LogP contribution in [0.15, 0.2) is 24.3 Å². The maximum absolute atomic E-state index is 12.9. The van der Waals surface area contributed by atoms with E-state index < -0.39 is 10.0 Å². The smallest absolute Gasteiger partial charge is 0.317 e. The SMILES string of the molecule is C[C@H](NC(=O)N1CCC(NS(C)(=O)=O)CC1)c1ccc(F)cc1. The lowest BCUT2D eigenvalue weighted by molar-refractivity contribution is 0.177. The quantitative estimate of drug-likeness (QED) is 0.872. The molecule has 2 rings (SSSR count). The summed E-state index contributed by atoms with van der Waals surface area (Å²) >= 11 is 0. The molecule has 2 amide bonds. The van der Waals surface area contributed by atoms with Crippen molar-refractivity contribution in [2.45, 2.75) is 31.8 Å². The van der Waals surface area contributed by atoms with Gasteiger partial charge < -0.3 is 10.2 Å². The number of benzene rings is 1. The van der Waals surface area contributed by atoms with E-state index in [0.29, 0.717) is 25.9 Å². The van der Waals surface area contributed by atoms with Crippen molar-refractivity contribution >= 4 is 16.1 Å². The van der Waals surface area contributed by atoms with Crippen molar-refractivity contribution in [3.8, 4) is 0 Å². The van der Waals surface area contributed by atoms with Gasteiger partial charge in [-0.1, -0.05) is 12.1 Å². The molecule has 0 bridgehead atoms. The van der Waals surface area contributed by atoms with Crippen LogP contribution >= 0.6 is 0 Å². The normalized spacial score (nSPS) is 17.8. The van der Waals surface area contributed by atoms with E-state index in [4.69, 9.17) is 0 Å². The summed E-state index contributed by atoms with van der Waals surface area (Å²) in [6.07, 6.45) is 2.31. The Bertz CT molecular complexity index is 640. The topological polar surface area (TPSA) is 78.5 Å². The van der Waals surface area contributed by atoms with Gasteiger partial charge in [-0.15, -0.1) is 0 Å². The number of hydrogen-bond donors (Lipinski definition) is 2. The first kappa shape index (κ1) is 17.7. The number of likely N-dealkylation sites (tertiary alicyclic amines) is 1. The lowest BCUT2D eigenvalue weighted by Crippen LogP contribution is -2.49. The van der Waals surface area contributed by atoms with Crippen LogP contribution in [0.4, 0.5) is 9.18 Å². The zero-order valence-electron chi connectivity index (χ0n) is 13.3. The van der Waals surface area contributed by atoms with Crippen molar-refractivity contribution in [3.05, 3.63) is 35.6 Å². The van der Waals surface area contributed by atoms with Gasteiger partial charge in [0.1, 0.15) is 5.82 Å². The molecule has 0 aromatic heterocycles. The first-order chi connectivity index (χ1) is 10.7. The standard InChI is InChI=1S/C15H22FN3O3S/c1-11(12-3-5-13(16)6-4-12)17-15(20)19-9-7-14(8-10-19)18-23(2,21)22/h3-6,11,14,18H,7-10H2,1-2H3,(H,17,20)/t11-/m0/s1. The number of piperidine rings is 1. The fourth-order valence-corrected chi connectivity index (χ4v) is 3.46. The van der Waals surface area contributed by atoms with Gasteiger partial charge in [-0.2, -0.15) is 0 Å². The van der Waals surface area contributed by atoms with E-state index in [9.17, 15) is 17.6 Å². The third-order valence-electron chi connectivity index (χ3n) is 3.87. The first-order valence-electron chi connectivity index (χ1n) is 7.53. The van der Waals surface area contributed by atoms with Gasteiger partial charge in [0.05, 0.1) is 12.3 Å². The lowest BCUT2D eigenvalue weighted by Gasteiger charge is -2.32. The number of sulfonamides is 1. The summed E-state index contributed by atoms with van der Waals surface area (Å²) in [6, 6.07) is 5.46. The number of urea groups is 1. The molecule has 6 nitrogen and oxygen atoms in total. The van der Waals surface area contributed by atoms with Crippen LogP contribution in [-0.4, -0.2) is 44.7 Å². The molecule has 0 spiro atoms. The molecule has 8 heteroatoms. The van der Waals surface area contributed by atoms with Gasteiger partial charge in [0.25, 0.3) is 0 Å². The monoisotopic (exact) mass is 343 g/mol. The van der Waals surface area contributed by atoms with Crippen molar-refractivity contribution in [2.24, 2.45) is 0 Å². The minimum atomic E-state index is -3.22. The van der Waals surface area contributed by atoms with Crippen molar-refractivity contribution in [1.82, 2.24) is 14.9 Å². The summed E-state index contributed by atoms with van der Waals surface area (Å²) in [5, 5.41) is 2.87. The summed E-state index contributed by atoms with van der Waals surface area (Å²) in [5.74, 6) is -0.312. The number of nitrogens with zero attached hydrogens (tertiary/aromatic N) is 1. The number of carbonyl (C=O) groups is 1. The van der Waals surface area contributed by atoms with Gasteiger partial charge in [-0.25, -0.2) is 22.3 Å². The Morgan fingerprint density at radius 1 is 1.26 bits per heavy atom. The Labute approximate surface area is 136 Å². The van der Waals surface area contributed by atoms with Crippen LogP contribution in [0.5, 0.6) is 0 Å². The van der Waals surface area contributed by atoms with Gasteiger partial charge in [0.15, 0.2) is 0 Å². The second-order valence-electron chi connectivity index (χ2n) is 5.87. The molecule has 0 radical (unpaired) electrons. The molecule has 1 heterocycles. The first-order valence-corrected chi connectivity index (χ1v) is 9.42. The number of hydrogen-bond acceptors (Lipinski definition) is 3. The predicted molar refractivity (Wildman–Crippen MR) is 85.9 cm³/mol. The van der Waals surface area contributed by atoms with Gasteiger partial charge in [0.2, 0.25) is 10.0 Å². The maximum Gasteiger partial charge on any atom is 0.317 e. The molecule has 1 fully saturated rings. The third-order valence-corrected chi connectivity index (χ3v) is 4.63. The number of amides is 2. The van der Waals surface area contributed by atoms with Gasteiger partial charge in [-0.05, 0) is 37.5 Å². The van der Waals surface area contributed by atoms with E-state index in [1.54, 1.807) is 17.0 Å². The Balaban J connectivity index is 1.84. The third kappa shape index (κ3) is 5.47. The zero-order valence-corrected chi connectivity index (χ0v) is 14.1. The summed E-state index contributed by atoms with van der Waals surface area (Å²) in [6.45, 7) is 2.83. The molecule has 1 aromatic rings. The molecule has 1 atom stereocenters. The van der Waals surface area contributed by atoms with E-state index in [2.05, 4.69) is 10.0 Å². The van der Waals surface area contributed by atoms with E-state index in [-0.39, 0.29) is 23.9 Å². The molecule has 0 aliphatic carbocycles. The number of carbonyl (C=O) groups excluding carboxylic acids is 1. The second-order valence-corrected chi connectivity index (χ2v) is 7.65. The van der Waals surface area contributed by atoms with Gasteiger partial charge >= 0.3 is 6.03 Å². The molecule has 23 heavy (non-hydrogen) atoms. The highest BCUT2D eigenvalue weighted by molar-refractivity contribution is 7.88. The van der Waals surface area contributed by atoms with Crippen molar-refractivity contribution in [1.29, 1.82) is 0 Å². The average Bonchev–Trinajstić information content (AvgIpc) is 2.46. The van der Waals surface area contributed by atoms with E-state index in [1.807, 2.05) is 6.92 Å². The minimum Gasteiger partial charge on any atom is -0.331 e. The molecule has 2 N–H and O–H groups in total. The predicted octanol–water partition coefficient (Wildman–Crippen LogP) is 1.61. The zero-order chi connectivity index (χ0) is 17.0. The fraction of sp³-hybridized carbons (Fsp3) is 0.533. The molecule has 0 saturated carbocycles. The average molecular weight is 343 g/mol. The van der Waals surface area contributed by atoms with Crippen LogP contribution in [0.25, 0.3) is 0 Å². The highest BCUT2D eigenvalue weighted by Crippen LogP contribution is 2.15. The van der Waals surface area contributed by atoms with Crippen molar-refractivity contribution < 1.29 is 17.6 Å². The molecular formula is C15H22FN3O3S. The van der Waals surface area contributed by atoms with E-state index in [0.717, 1.165) is 11.8 Å². The Hall–Kier alpha value is -1.67. The molecular weight excluding hydrogens is 321 g/mol. The summed E-state index contributed by atoms with van der Waals surface area (Å²) in [5.41, 5.74) is 0.827. The summed E-state index contributed by atoms with van der Waals surface area (Å²) < 4.78 is 37.9. The molecule has 0 unspecified atom stereocenters. The molecule has 1 aliphatic rings. The van der Waals surface area contributed by atoms with E-state index >= 15 is 0 Å². The van der Waals surface area contributed by atoms with Crippen molar-refractivity contribution in [2.75, 3.05) is 19.3 Å². The van der Waals surface area contributed by atoms with Crippen LogP contribution in [0.1, 0.15) is 31.4 Å². The maximum atomic E-state index is 12.9. The molecule has 1 saturated heterocycles. The number of rotatable bonds is 4. The van der Waals surface area contributed by atoms with Crippen molar-refractivity contribution in [3.63, 3.8) is 0 Å². The summed E-state index contributed by atoms with van der Waals surface area (Å²) in [4.78, 5) is 13.9. The number of nitrogens with one attached hydrogen (secondary N) is 2. The van der Waals surface area contributed by atoms with Gasteiger partial charge in [0, 0.05) is 19.1 Å². The van der Waals surface area contributed by atoms with Gasteiger partial charge in [-0.3, -0.25) is 0 Å². The second kappa shape index (κ2) is 7.27. The summed E-state index contributed by atoms with van der Waals surface area (Å²) in [7, 11) is -3.22. The Morgan fingerprint density at radius 2 is 1.83 bits per heavy atom. The fourth-order valence-electron chi connectivity index (χ4n) is 2.61. The van der Waals surface area contributed by atoms with Crippen LogP contribution in [0.2, 0.25) is 0 Å². The largest absolute Gasteiger partial charge is 0.331 e. The minimum absolute atomic E-state index is 0.122. The van der Waals surface area contributed by atoms with Crippen LogP contribution in [0, 0.1) is 5.82 Å². The number of halogens is 1. The van der Waals surface area contributed by atoms with Crippen LogP contribution < -0.4 is 10.0 Å². The molecule has 1 aromatic carbocycles. The molecule has 1 aliphatic heterocycles. The van der Waals surface area contributed by atoms with E-state index in [1.165, 1.54) is 12.1 Å². The van der Waals surface area contributed by atoms with Crippen LogP contribution in [0.3, 0.4) is 0 Å². The highest BCUT2D eigenvalue weighted by Gasteiger charge is 2.25. The van der Waals surface area contributed by atoms with Crippen LogP contribution in [-0.2, 0) is 10.0 Å². The Kier molecular flexibility index (Phi) is 5.59. The highest BCUT2D eigenvalue weighted by atomic mass is 32.2. The Morgan fingerprint density at radius 3 is 2.35 bits per heavy atom. The lowest BCUT2D eigenvalue weighted by atomic mass is 10.1.